The van der Waals surface area contributed by atoms with E-state index in [1.54, 1.807) is 18.3 Å². The highest BCUT2D eigenvalue weighted by Crippen LogP contribution is 2.25. The predicted molar refractivity (Wildman–Crippen MR) is 59.6 cm³/mol. The maximum atomic E-state index is 13.0. The van der Waals surface area contributed by atoms with Crippen molar-refractivity contribution in [3.63, 3.8) is 0 Å². The molecule has 0 aliphatic rings. The van der Waals surface area contributed by atoms with Crippen LogP contribution in [0.4, 0.5) is 4.39 Å². The molecule has 0 atom stereocenters. The van der Waals surface area contributed by atoms with E-state index in [-0.39, 0.29) is 5.82 Å². The second kappa shape index (κ2) is 4.12. The summed E-state index contributed by atoms with van der Waals surface area (Å²) in [5.41, 5.74) is 8.16. The molecule has 0 saturated heterocycles. The first-order chi connectivity index (χ1) is 7.22. The Morgan fingerprint density at radius 3 is 2.93 bits per heavy atom. The Hall–Kier alpha value is -1.20. The molecule has 1 aromatic carbocycles. The van der Waals surface area contributed by atoms with Crippen LogP contribution in [0.5, 0.6) is 0 Å². The van der Waals surface area contributed by atoms with E-state index in [0.29, 0.717) is 11.0 Å². The van der Waals surface area contributed by atoms with Crippen LogP contribution in [0, 0.1) is 5.82 Å². The van der Waals surface area contributed by atoms with Gasteiger partial charge in [0, 0.05) is 17.7 Å². The molecule has 0 amide bonds. The first-order valence-corrected chi connectivity index (χ1v) is 5.19. The Labute approximate surface area is 94.6 Å². The monoisotopic (exact) mass is 269 g/mol. The summed E-state index contributed by atoms with van der Waals surface area (Å²) < 4.78 is 13.5. The van der Waals surface area contributed by atoms with Gasteiger partial charge in [-0.1, -0.05) is 0 Å². The Morgan fingerprint density at radius 1 is 1.47 bits per heavy atom. The Bertz CT molecular complexity index is 481. The Morgan fingerprint density at radius 2 is 2.27 bits per heavy atom. The van der Waals surface area contributed by atoms with E-state index in [1.807, 2.05) is 0 Å². The van der Waals surface area contributed by atoms with Gasteiger partial charge in [-0.25, -0.2) is 4.39 Å². The lowest BCUT2D eigenvalue weighted by atomic mass is 10.1. The zero-order valence-corrected chi connectivity index (χ0v) is 9.38. The van der Waals surface area contributed by atoms with Crippen molar-refractivity contribution < 1.29 is 4.39 Å². The van der Waals surface area contributed by atoms with Gasteiger partial charge in [0.05, 0.1) is 16.4 Å². The quantitative estimate of drug-likeness (QED) is 0.880. The second-order valence-electron chi connectivity index (χ2n) is 3.10. The minimum absolute atomic E-state index is 0.285. The molecular formula is C10H9BrFN3. The SMILES string of the molecule is NCc1cn[nH]c1-c1ccc(F)c(Br)c1. The summed E-state index contributed by atoms with van der Waals surface area (Å²) in [7, 11) is 0. The molecule has 0 unspecified atom stereocenters. The fourth-order valence-electron chi connectivity index (χ4n) is 1.37. The molecule has 0 aliphatic carbocycles. The maximum absolute atomic E-state index is 13.0. The smallest absolute Gasteiger partial charge is 0.137 e. The van der Waals surface area contributed by atoms with Gasteiger partial charge in [0.25, 0.3) is 0 Å². The van der Waals surface area contributed by atoms with E-state index >= 15 is 0 Å². The highest BCUT2D eigenvalue weighted by molar-refractivity contribution is 9.10. The third kappa shape index (κ3) is 1.93. The zero-order valence-electron chi connectivity index (χ0n) is 7.80. The standard InChI is InChI=1S/C10H9BrFN3/c11-8-3-6(1-2-9(8)12)10-7(4-13)5-14-15-10/h1-3,5H,4,13H2,(H,14,15). The van der Waals surface area contributed by atoms with Crippen molar-refractivity contribution in [2.45, 2.75) is 6.54 Å². The van der Waals surface area contributed by atoms with Crippen LogP contribution in [-0.2, 0) is 6.54 Å². The molecule has 2 rings (SSSR count). The number of hydrogen-bond donors (Lipinski definition) is 2. The summed E-state index contributed by atoms with van der Waals surface area (Å²) in [6, 6.07) is 4.79. The largest absolute Gasteiger partial charge is 0.326 e. The first kappa shape index (κ1) is 10.3. The molecule has 0 radical (unpaired) electrons. The fourth-order valence-corrected chi connectivity index (χ4v) is 1.75. The van der Waals surface area contributed by atoms with Crippen molar-refractivity contribution in [1.82, 2.24) is 10.2 Å². The molecule has 0 saturated carbocycles. The third-order valence-corrected chi connectivity index (χ3v) is 2.75. The van der Waals surface area contributed by atoms with Crippen LogP contribution in [0.3, 0.4) is 0 Å². The number of rotatable bonds is 2. The van der Waals surface area contributed by atoms with Gasteiger partial charge < -0.3 is 5.73 Å². The minimum atomic E-state index is -0.285. The fraction of sp³-hybridized carbons (Fsp3) is 0.100. The highest BCUT2D eigenvalue weighted by Gasteiger charge is 2.08. The topological polar surface area (TPSA) is 54.7 Å². The van der Waals surface area contributed by atoms with E-state index in [2.05, 4.69) is 26.1 Å². The zero-order chi connectivity index (χ0) is 10.8. The van der Waals surface area contributed by atoms with Crippen LogP contribution in [0.1, 0.15) is 5.56 Å². The van der Waals surface area contributed by atoms with E-state index in [1.165, 1.54) is 6.07 Å². The second-order valence-corrected chi connectivity index (χ2v) is 3.96. The van der Waals surface area contributed by atoms with Gasteiger partial charge in [-0.2, -0.15) is 5.10 Å². The van der Waals surface area contributed by atoms with Gasteiger partial charge in [0.2, 0.25) is 0 Å². The molecule has 0 aliphatic heterocycles. The van der Waals surface area contributed by atoms with Crippen LogP contribution in [-0.4, -0.2) is 10.2 Å². The number of aromatic nitrogens is 2. The normalized spacial score (nSPS) is 10.6. The molecule has 0 spiro atoms. The highest BCUT2D eigenvalue weighted by atomic mass is 79.9. The number of nitrogens with zero attached hydrogens (tertiary/aromatic N) is 1. The van der Waals surface area contributed by atoms with Crippen LogP contribution in [0.2, 0.25) is 0 Å². The molecular weight excluding hydrogens is 261 g/mol. The number of halogens is 2. The molecule has 3 nitrogen and oxygen atoms in total. The van der Waals surface area contributed by atoms with Crippen molar-refractivity contribution in [3.8, 4) is 11.3 Å². The van der Waals surface area contributed by atoms with Crippen molar-refractivity contribution in [2.75, 3.05) is 0 Å². The van der Waals surface area contributed by atoms with Crippen molar-refractivity contribution in [2.24, 2.45) is 5.73 Å². The van der Waals surface area contributed by atoms with E-state index < -0.39 is 0 Å². The lowest BCUT2D eigenvalue weighted by Gasteiger charge is -2.02. The number of aromatic amines is 1. The van der Waals surface area contributed by atoms with Gasteiger partial charge >= 0.3 is 0 Å². The average molecular weight is 270 g/mol. The average Bonchev–Trinajstić information content (AvgIpc) is 2.70. The molecule has 0 fully saturated rings. The molecule has 3 N–H and O–H groups in total. The van der Waals surface area contributed by atoms with Crippen molar-refractivity contribution in [3.05, 3.63) is 40.2 Å². The van der Waals surface area contributed by atoms with Gasteiger partial charge in [-0.05, 0) is 34.1 Å². The predicted octanol–water partition coefficient (Wildman–Crippen LogP) is 2.44. The Balaban J connectivity index is 2.50. The van der Waals surface area contributed by atoms with E-state index in [9.17, 15) is 4.39 Å². The summed E-state index contributed by atoms with van der Waals surface area (Å²) in [5.74, 6) is -0.285. The molecule has 78 valence electrons. The molecule has 2 aromatic rings. The van der Waals surface area contributed by atoms with E-state index in [0.717, 1.165) is 16.8 Å². The van der Waals surface area contributed by atoms with Crippen LogP contribution < -0.4 is 5.73 Å². The summed E-state index contributed by atoms with van der Waals surface area (Å²) >= 11 is 3.14. The number of nitrogens with one attached hydrogen (secondary N) is 1. The van der Waals surface area contributed by atoms with Gasteiger partial charge in [-0.3, -0.25) is 5.10 Å². The first-order valence-electron chi connectivity index (χ1n) is 4.40. The molecule has 5 heteroatoms. The summed E-state index contributed by atoms with van der Waals surface area (Å²) in [5, 5.41) is 6.75. The maximum Gasteiger partial charge on any atom is 0.137 e. The number of nitrogens with two attached hydrogens (primary N) is 1. The summed E-state index contributed by atoms with van der Waals surface area (Å²) in [4.78, 5) is 0. The molecule has 1 heterocycles. The van der Waals surface area contributed by atoms with Crippen molar-refractivity contribution in [1.29, 1.82) is 0 Å². The molecule has 0 bridgehead atoms. The van der Waals surface area contributed by atoms with Crippen LogP contribution in [0.15, 0.2) is 28.9 Å². The lowest BCUT2D eigenvalue weighted by Crippen LogP contribution is -1.96. The van der Waals surface area contributed by atoms with Crippen LogP contribution in [0.25, 0.3) is 11.3 Å². The van der Waals surface area contributed by atoms with E-state index in [4.69, 9.17) is 5.73 Å². The van der Waals surface area contributed by atoms with Gasteiger partial charge in [0.15, 0.2) is 0 Å². The minimum Gasteiger partial charge on any atom is -0.326 e. The lowest BCUT2D eigenvalue weighted by molar-refractivity contribution is 0.621. The Kier molecular flexibility index (Phi) is 2.83. The molecule has 15 heavy (non-hydrogen) atoms. The summed E-state index contributed by atoms with van der Waals surface area (Å²) in [6.07, 6.45) is 1.67. The van der Waals surface area contributed by atoms with Gasteiger partial charge in [-0.15, -0.1) is 0 Å². The number of benzene rings is 1. The van der Waals surface area contributed by atoms with Crippen LogP contribution >= 0.6 is 15.9 Å². The molecule has 1 aromatic heterocycles. The number of H-pyrrole nitrogens is 1. The summed E-state index contributed by atoms with van der Waals surface area (Å²) in [6.45, 7) is 0.404. The third-order valence-electron chi connectivity index (χ3n) is 2.15. The van der Waals surface area contributed by atoms with Crippen molar-refractivity contribution >= 4 is 15.9 Å². The van der Waals surface area contributed by atoms with Gasteiger partial charge in [0.1, 0.15) is 5.82 Å². The number of hydrogen-bond acceptors (Lipinski definition) is 2.